The molecule has 0 atom stereocenters. The van der Waals surface area contributed by atoms with Crippen LogP contribution in [-0.2, 0) is 0 Å². The van der Waals surface area contributed by atoms with Gasteiger partial charge in [-0.1, -0.05) is 47.0 Å². The third-order valence-electron chi connectivity index (χ3n) is 3.03. The second kappa shape index (κ2) is 7.97. The normalized spacial score (nSPS) is 10.9. The molecule has 2 aromatic carbocycles. The monoisotopic (exact) mass is 334 g/mol. The molecule has 0 aromatic heterocycles. The Morgan fingerprint density at radius 3 is 2.59 bits per heavy atom. The standard InChI is InChI=1S/C17H16Cl2N2O/c1-12-2-4-13(5-3-12)17(22)21-9-8-20-11-14-6-7-15(18)10-16(14)19/h2-7,10-11H,8-9H2,1H3,(H,21,22). The van der Waals surface area contributed by atoms with Gasteiger partial charge in [0, 0.05) is 28.9 Å². The molecule has 2 aromatic rings. The van der Waals surface area contributed by atoms with Crippen molar-refractivity contribution < 1.29 is 4.79 Å². The summed E-state index contributed by atoms with van der Waals surface area (Å²) in [7, 11) is 0. The van der Waals surface area contributed by atoms with E-state index in [4.69, 9.17) is 23.2 Å². The second-order valence-corrected chi connectivity index (χ2v) is 5.67. The molecule has 0 unspecified atom stereocenters. The van der Waals surface area contributed by atoms with Crippen LogP contribution in [0, 0.1) is 6.92 Å². The molecule has 0 aliphatic carbocycles. The number of aliphatic imine (C=N–C) groups is 1. The maximum absolute atomic E-state index is 11.9. The smallest absolute Gasteiger partial charge is 0.251 e. The molecule has 0 saturated heterocycles. The third kappa shape index (κ3) is 4.86. The van der Waals surface area contributed by atoms with Gasteiger partial charge in [0.1, 0.15) is 0 Å². The Kier molecular flexibility index (Phi) is 5.99. The van der Waals surface area contributed by atoms with Crippen LogP contribution in [0.15, 0.2) is 47.5 Å². The first kappa shape index (κ1) is 16.5. The van der Waals surface area contributed by atoms with Gasteiger partial charge in [0.2, 0.25) is 0 Å². The number of amides is 1. The van der Waals surface area contributed by atoms with E-state index in [2.05, 4.69) is 10.3 Å². The van der Waals surface area contributed by atoms with Gasteiger partial charge in [-0.05, 0) is 31.2 Å². The predicted octanol–water partition coefficient (Wildman–Crippen LogP) is 4.15. The maximum Gasteiger partial charge on any atom is 0.251 e. The highest BCUT2D eigenvalue weighted by Crippen LogP contribution is 2.19. The van der Waals surface area contributed by atoms with Crippen molar-refractivity contribution >= 4 is 35.3 Å². The molecule has 2 rings (SSSR count). The summed E-state index contributed by atoms with van der Waals surface area (Å²) < 4.78 is 0. The van der Waals surface area contributed by atoms with E-state index < -0.39 is 0 Å². The van der Waals surface area contributed by atoms with Crippen LogP contribution in [0.2, 0.25) is 10.0 Å². The lowest BCUT2D eigenvalue weighted by molar-refractivity contribution is 0.0955. The van der Waals surface area contributed by atoms with E-state index in [-0.39, 0.29) is 5.91 Å². The van der Waals surface area contributed by atoms with Crippen molar-refractivity contribution in [2.24, 2.45) is 4.99 Å². The van der Waals surface area contributed by atoms with Crippen molar-refractivity contribution in [3.05, 3.63) is 69.2 Å². The number of nitrogens with one attached hydrogen (secondary N) is 1. The first-order valence-corrected chi connectivity index (χ1v) is 7.61. The van der Waals surface area contributed by atoms with Crippen LogP contribution in [0.5, 0.6) is 0 Å². The molecule has 0 fully saturated rings. The van der Waals surface area contributed by atoms with E-state index in [0.29, 0.717) is 28.7 Å². The van der Waals surface area contributed by atoms with Crippen LogP contribution in [0.25, 0.3) is 0 Å². The van der Waals surface area contributed by atoms with E-state index in [9.17, 15) is 4.79 Å². The number of nitrogens with zero attached hydrogens (tertiary/aromatic N) is 1. The number of aryl methyl sites for hydroxylation is 1. The van der Waals surface area contributed by atoms with E-state index in [1.165, 1.54) is 0 Å². The predicted molar refractivity (Wildman–Crippen MR) is 92.4 cm³/mol. The topological polar surface area (TPSA) is 41.5 Å². The van der Waals surface area contributed by atoms with Crippen molar-refractivity contribution in [1.29, 1.82) is 0 Å². The van der Waals surface area contributed by atoms with E-state index in [0.717, 1.165) is 11.1 Å². The summed E-state index contributed by atoms with van der Waals surface area (Å²) in [4.78, 5) is 16.1. The average molecular weight is 335 g/mol. The van der Waals surface area contributed by atoms with Crippen LogP contribution >= 0.6 is 23.2 Å². The van der Waals surface area contributed by atoms with Gasteiger partial charge in [0.15, 0.2) is 0 Å². The van der Waals surface area contributed by atoms with Crippen molar-refractivity contribution in [1.82, 2.24) is 5.32 Å². The number of benzene rings is 2. The van der Waals surface area contributed by atoms with Gasteiger partial charge >= 0.3 is 0 Å². The maximum atomic E-state index is 11.9. The Labute approximate surface area is 140 Å². The first-order valence-electron chi connectivity index (χ1n) is 6.86. The van der Waals surface area contributed by atoms with Gasteiger partial charge in [-0.25, -0.2) is 0 Å². The van der Waals surface area contributed by atoms with Crippen molar-refractivity contribution in [3.63, 3.8) is 0 Å². The zero-order valence-electron chi connectivity index (χ0n) is 12.1. The van der Waals surface area contributed by atoms with Gasteiger partial charge in [0.25, 0.3) is 5.91 Å². The van der Waals surface area contributed by atoms with E-state index in [1.54, 1.807) is 36.5 Å². The minimum atomic E-state index is -0.0975. The van der Waals surface area contributed by atoms with Gasteiger partial charge in [-0.15, -0.1) is 0 Å². The van der Waals surface area contributed by atoms with Gasteiger partial charge in [-0.3, -0.25) is 9.79 Å². The number of halogens is 2. The Bertz CT molecular complexity index is 682. The summed E-state index contributed by atoms with van der Waals surface area (Å²) in [6.07, 6.45) is 1.68. The highest BCUT2D eigenvalue weighted by molar-refractivity contribution is 6.36. The fraction of sp³-hybridized carbons (Fsp3) is 0.176. The van der Waals surface area contributed by atoms with Crippen molar-refractivity contribution in [2.45, 2.75) is 6.92 Å². The molecule has 0 bridgehead atoms. The molecule has 0 aliphatic rings. The Balaban J connectivity index is 1.80. The zero-order valence-corrected chi connectivity index (χ0v) is 13.7. The number of carbonyl (C=O) groups is 1. The molecule has 0 aliphatic heterocycles. The lowest BCUT2D eigenvalue weighted by Crippen LogP contribution is -2.25. The average Bonchev–Trinajstić information content (AvgIpc) is 2.49. The molecule has 0 saturated carbocycles. The van der Waals surface area contributed by atoms with Gasteiger partial charge in [0.05, 0.1) is 11.6 Å². The summed E-state index contributed by atoms with van der Waals surface area (Å²) >= 11 is 11.9. The fourth-order valence-electron chi connectivity index (χ4n) is 1.81. The van der Waals surface area contributed by atoms with Crippen LogP contribution in [0.3, 0.4) is 0 Å². The molecule has 0 heterocycles. The molecule has 0 spiro atoms. The molecule has 1 amide bonds. The Hall–Kier alpha value is -1.84. The first-order chi connectivity index (χ1) is 10.6. The van der Waals surface area contributed by atoms with Crippen LogP contribution < -0.4 is 5.32 Å². The molecule has 0 radical (unpaired) electrons. The van der Waals surface area contributed by atoms with Gasteiger partial charge < -0.3 is 5.32 Å². The summed E-state index contributed by atoms with van der Waals surface area (Å²) in [6.45, 7) is 2.93. The minimum absolute atomic E-state index is 0.0975. The highest BCUT2D eigenvalue weighted by atomic mass is 35.5. The number of hydrogen-bond donors (Lipinski definition) is 1. The van der Waals surface area contributed by atoms with Crippen LogP contribution in [-0.4, -0.2) is 25.2 Å². The number of hydrogen-bond acceptors (Lipinski definition) is 2. The van der Waals surface area contributed by atoms with Crippen molar-refractivity contribution in [3.8, 4) is 0 Å². The number of rotatable bonds is 5. The molecule has 5 heteroatoms. The molecular weight excluding hydrogens is 319 g/mol. The molecule has 22 heavy (non-hydrogen) atoms. The SMILES string of the molecule is Cc1ccc(C(=O)NCCN=Cc2ccc(Cl)cc2Cl)cc1. The Morgan fingerprint density at radius 2 is 1.91 bits per heavy atom. The summed E-state index contributed by atoms with van der Waals surface area (Å²) in [5.41, 5.74) is 2.58. The third-order valence-corrected chi connectivity index (χ3v) is 3.60. The molecular formula is C17H16Cl2N2O. The molecule has 114 valence electrons. The lowest BCUT2D eigenvalue weighted by Gasteiger charge is -2.04. The summed E-state index contributed by atoms with van der Waals surface area (Å²) in [6, 6.07) is 12.7. The quantitative estimate of drug-likeness (QED) is 0.647. The zero-order chi connectivity index (χ0) is 15.9. The summed E-state index contributed by atoms with van der Waals surface area (Å²) in [5, 5.41) is 3.97. The second-order valence-electron chi connectivity index (χ2n) is 4.82. The highest BCUT2D eigenvalue weighted by Gasteiger charge is 2.03. The van der Waals surface area contributed by atoms with Crippen molar-refractivity contribution in [2.75, 3.05) is 13.1 Å². The fourth-order valence-corrected chi connectivity index (χ4v) is 2.27. The number of carbonyl (C=O) groups excluding carboxylic acids is 1. The largest absolute Gasteiger partial charge is 0.350 e. The minimum Gasteiger partial charge on any atom is -0.350 e. The van der Waals surface area contributed by atoms with E-state index >= 15 is 0 Å². The van der Waals surface area contributed by atoms with Crippen LogP contribution in [0.4, 0.5) is 0 Å². The van der Waals surface area contributed by atoms with Crippen LogP contribution in [0.1, 0.15) is 21.5 Å². The molecule has 1 N–H and O–H groups in total. The molecule has 3 nitrogen and oxygen atoms in total. The lowest BCUT2D eigenvalue weighted by atomic mass is 10.1. The Morgan fingerprint density at radius 1 is 1.18 bits per heavy atom. The van der Waals surface area contributed by atoms with E-state index in [1.807, 2.05) is 19.1 Å². The summed E-state index contributed by atoms with van der Waals surface area (Å²) in [5.74, 6) is -0.0975. The van der Waals surface area contributed by atoms with Gasteiger partial charge in [-0.2, -0.15) is 0 Å².